The molecule has 0 spiro atoms. The number of benzene rings is 2. The predicted molar refractivity (Wildman–Crippen MR) is 113 cm³/mol. The second-order valence-corrected chi connectivity index (χ2v) is 7.33. The highest BCUT2D eigenvalue weighted by atomic mass is 16.5. The van der Waals surface area contributed by atoms with Crippen LogP contribution in [-0.2, 0) is 11.3 Å². The summed E-state index contributed by atoms with van der Waals surface area (Å²) in [6.45, 7) is 1.86. The van der Waals surface area contributed by atoms with E-state index in [4.69, 9.17) is 14.2 Å². The Morgan fingerprint density at radius 3 is 2.38 bits per heavy atom. The van der Waals surface area contributed by atoms with Crippen LogP contribution in [0.4, 0.5) is 0 Å². The molecule has 1 saturated heterocycles. The largest absolute Gasteiger partial charge is 0.497 e. The monoisotopic (exact) mass is 398 g/mol. The fourth-order valence-corrected chi connectivity index (χ4v) is 3.85. The third-order valence-electron chi connectivity index (χ3n) is 5.50. The normalized spacial score (nSPS) is 16.5. The van der Waals surface area contributed by atoms with Crippen molar-refractivity contribution in [3.8, 4) is 17.2 Å². The molecule has 3 rings (SSSR count). The summed E-state index contributed by atoms with van der Waals surface area (Å²) < 4.78 is 16.2. The van der Waals surface area contributed by atoms with E-state index in [-0.39, 0.29) is 11.9 Å². The van der Waals surface area contributed by atoms with Crippen LogP contribution in [0.15, 0.2) is 42.5 Å². The number of nitrogens with zero attached hydrogens (tertiary/aromatic N) is 2. The molecule has 2 aromatic rings. The molecule has 0 saturated carbocycles. The van der Waals surface area contributed by atoms with E-state index in [1.807, 2.05) is 49.5 Å². The molecule has 6 heteroatoms. The van der Waals surface area contributed by atoms with E-state index in [2.05, 4.69) is 4.90 Å². The fraction of sp³-hybridized carbons (Fsp3) is 0.435. The number of hydrogen-bond donors (Lipinski definition) is 0. The zero-order valence-electron chi connectivity index (χ0n) is 17.7. The first-order valence-corrected chi connectivity index (χ1v) is 9.88. The quantitative estimate of drug-likeness (QED) is 0.681. The average molecular weight is 399 g/mol. The van der Waals surface area contributed by atoms with Gasteiger partial charge in [0.05, 0.1) is 27.9 Å². The molecule has 1 aliphatic heterocycles. The van der Waals surface area contributed by atoms with Crippen LogP contribution in [0.2, 0.25) is 0 Å². The Kier molecular flexibility index (Phi) is 6.99. The average Bonchev–Trinajstić information content (AvgIpc) is 3.21. The van der Waals surface area contributed by atoms with Gasteiger partial charge >= 0.3 is 0 Å². The maximum atomic E-state index is 12.9. The predicted octanol–water partition coefficient (Wildman–Crippen LogP) is 3.51. The molecule has 1 atom stereocenters. The van der Waals surface area contributed by atoms with Crippen molar-refractivity contribution in [1.29, 1.82) is 0 Å². The van der Waals surface area contributed by atoms with Crippen LogP contribution >= 0.6 is 0 Å². The van der Waals surface area contributed by atoms with E-state index >= 15 is 0 Å². The molecule has 1 aliphatic rings. The Morgan fingerprint density at radius 2 is 1.72 bits per heavy atom. The van der Waals surface area contributed by atoms with Gasteiger partial charge in [-0.15, -0.1) is 0 Å². The number of ether oxygens (including phenoxy) is 3. The molecule has 6 nitrogen and oxygen atoms in total. The standard InChI is InChI=1S/C23H30N2O4/c1-24(15-17-7-9-18(27-2)10-8-17)23(26)16-25-13-5-6-21(25)20-14-19(28-3)11-12-22(20)29-4/h7-12,14,21H,5-6,13,15-16H2,1-4H3. The van der Waals surface area contributed by atoms with Gasteiger partial charge in [0.25, 0.3) is 0 Å². The van der Waals surface area contributed by atoms with Crippen LogP contribution in [0.1, 0.15) is 30.0 Å². The van der Waals surface area contributed by atoms with Crippen LogP contribution in [0, 0.1) is 0 Å². The lowest BCUT2D eigenvalue weighted by Gasteiger charge is -2.28. The highest BCUT2D eigenvalue weighted by Gasteiger charge is 2.30. The second-order valence-electron chi connectivity index (χ2n) is 7.33. The molecule has 0 radical (unpaired) electrons. The number of carbonyl (C=O) groups is 1. The van der Waals surface area contributed by atoms with Crippen LogP contribution in [0.25, 0.3) is 0 Å². The summed E-state index contributed by atoms with van der Waals surface area (Å²) in [7, 11) is 6.84. The third kappa shape index (κ3) is 5.01. The second kappa shape index (κ2) is 9.65. The summed E-state index contributed by atoms with van der Waals surface area (Å²) in [6, 6.07) is 13.8. The van der Waals surface area contributed by atoms with Crippen LogP contribution in [-0.4, -0.2) is 57.2 Å². The number of rotatable bonds is 8. The third-order valence-corrected chi connectivity index (χ3v) is 5.50. The lowest BCUT2D eigenvalue weighted by molar-refractivity contribution is -0.131. The topological polar surface area (TPSA) is 51.2 Å². The Hall–Kier alpha value is -2.73. The maximum absolute atomic E-state index is 12.9. The maximum Gasteiger partial charge on any atom is 0.236 e. The summed E-state index contributed by atoms with van der Waals surface area (Å²) in [5.41, 5.74) is 2.16. The van der Waals surface area contributed by atoms with E-state index in [1.54, 1.807) is 26.2 Å². The number of amides is 1. The minimum Gasteiger partial charge on any atom is -0.497 e. The van der Waals surface area contributed by atoms with E-state index in [0.29, 0.717) is 13.1 Å². The molecular formula is C23H30N2O4. The highest BCUT2D eigenvalue weighted by molar-refractivity contribution is 5.78. The summed E-state index contributed by atoms with van der Waals surface area (Å²) in [5, 5.41) is 0. The van der Waals surface area contributed by atoms with E-state index in [1.165, 1.54) is 0 Å². The summed E-state index contributed by atoms with van der Waals surface area (Å²) in [5.74, 6) is 2.56. The van der Waals surface area contributed by atoms with Gasteiger partial charge in [-0.1, -0.05) is 12.1 Å². The Labute approximate surface area is 173 Å². The van der Waals surface area contributed by atoms with Crippen LogP contribution < -0.4 is 14.2 Å². The number of likely N-dealkylation sites (N-methyl/N-ethyl adjacent to an activating group) is 1. The van der Waals surface area contributed by atoms with Gasteiger partial charge in [-0.25, -0.2) is 0 Å². The molecule has 0 bridgehead atoms. The Morgan fingerprint density at radius 1 is 1.03 bits per heavy atom. The van der Waals surface area contributed by atoms with Crippen molar-refractivity contribution in [2.75, 3.05) is 41.5 Å². The minimum absolute atomic E-state index is 0.106. The Balaban J connectivity index is 1.67. The Bertz CT molecular complexity index is 822. The number of hydrogen-bond acceptors (Lipinski definition) is 5. The van der Waals surface area contributed by atoms with Gasteiger partial charge in [-0.2, -0.15) is 0 Å². The van der Waals surface area contributed by atoms with E-state index < -0.39 is 0 Å². The molecule has 0 aliphatic carbocycles. The van der Waals surface area contributed by atoms with Crippen molar-refractivity contribution < 1.29 is 19.0 Å². The molecule has 1 unspecified atom stereocenters. The SMILES string of the molecule is COc1ccc(CN(C)C(=O)CN2CCCC2c2cc(OC)ccc2OC)cc1. The summed E-state index contributed by atoms with van der Waals surface area (Å²) in [4.78, 5) is 16.9. The first-order chi connectivity index (χ1) is 14.0. The van der Waals surface area contributed by atoms with Crippen molar-refractivity contribution in [2.45, 2.75) is 25.4 Å². The van der Waals surface area contributed by atoms with Crippen LogP contribution in [0.5, 0.6) is 17.2 Å². The van der Waals surface area contributed by atoms with E-state index in [9.17, 15) is 4.79 Å². The van der Waals surface area contributed by atoms with Crippen molar-refractivity contribution in [1.82, 2.24) is 9.80 Å². The smallest absolute Gasteiger partial charge is 0.236 e. The minimum atomic E-state index is 0.106. The van der Waals surface area contributed by atoms with Gasteiger partial charge in [0.1, 0.15) is 17.2 Å². The molecule has 0 N–H and O–H groups in total. The lowest BCUT2D eigenvalue weighted by Crippen LogP contribution is -2.37. The van der Waals surface area contributed by atoms with Gasteiger partial charge in [0.2, 0.25) is 5.91 Å². The number of methoxy groups -OCH3 is 3. The summed E-state index contributed by atoms with van der Waals surface area (Å²) in [6.07, 6.45) is 2.06. The zero-order chi connectivity index (χ0) is 20.8. The van der Waals surface area contributed by atoms with Crippen LogP contribution in [0.3, 0.4) is 0 Å². The molecule has 1 fully saturated rings. The molecule has 156 valence electrons. The van der Waals surface area contributed by atoms with Crippen molar-refractivity contribution >= 4 is 5.91 Å². The number of carbonyl (C=O) groups excluding carboxylic acids is 1. The molecular weight excluding hydrogens is 368 g/mol. The van der Waals surface area contributed by atoms with E-state index in [0.717, 1.165) is 47.8 Å². The van der Waals surface area contributed by atoms with Gasteiger partial charge in [-0.05, 0) is 55.3 Å². The molecule has 1 amide bonds. The first kappa shape index (κ1) is 21.0. The molecule has 29 heavy (non-hydrogen) atoms. The lowest BCUT2D eigenvalue weighted by atomic mass is 10.0. The highest BCUT2D eigenvalue weighted by Crippen LogP contribution is 2.38. The first-order valence-electron chi connectivity index (χ1n) is 9.88. The molecule has 0 aromatic heterocycles. The van der Waals surface area contributed by atoms with Gasteiger partial charge in [0, 0.05) is 25.2 Å². The van der Waals surface area contributed by atoms with Gasteiger partial charge < -0.3 is 19.1 Å². The van der Waals surface area contributed by atoms with Crippen molar-refractivity contribution in [3.05, 3.63) is 53.6 Å². The zero-order valence-corrected chi connectivity index (χ0v) is 17.7. The molecule has 1 heterocycles. The van der Waals surface area contributed by atoms with Crippen molar-refractivity contribution in [2.24, 2.45) is 0 Å². The molecule has 2 aromatic carbocycles. The fourth-order valence-electron chi connectivity index (χ4n) is 3.85. The summed E-state index contributed by atoms with van der Waals surface area (Å²) >= 11 is 0. The number of likely N-dealkylation sites (tertiary alicyclic amines) is 1. The van der Waals surface area contributed by atoms with Gasteiger partial charge in [0.15, 0.2) is 0 Å². The van der Waals surface area contributed by atoms with Gasteiger partial charge in [-0.3, -0.25) is 9.69 Å². The van der Waals surface area contributed by atoms with Crippen molar-refractivity contribution in [3.63, 3.8) is 0 Å².